The number of sulfonamides is 1. The number of likely N-dealkylation sites (tertiary alicyclic amines) is 2. The second kappa shape index (κ2) is 6.31. The molecule has 2 atom stereocenters. The number of piperidine rings is 1. The van der Waals surface area contributed by atoms with Crippen LogP contribution < -0.4 is 4.72 Å². The van der Waals surface area contributed by atoms with Crippen LogP contribution in [-0.4, -0.2) is 69.5 Å². The number of nitrogens with zero attached hydrogens (tertiary/aromatic N) is 2. The van der Waals surface area contributed by atoms with Gasteiger partial charge in [0.25, 0.3) is 0 Å². The highest BCUT2D eigenvalue weighted by Gasteiger charge is 2.36. The average Bonchev–Trinajstić information content (AvgIpc) is 2.75. The van der Waals surface area contributed by atoms with Crippen LogP contribution in [0.25, 0.3) is 0 Å². The molecule has 0 aromatic heterocycles. The van der Waals surface area contributed by atoms with Crippen LogP contribution in [0.4, 0.5) is 0 Å². The first kappa shape index (κ1) is 16.2. The zero-order valence-electron chi connectivity index (χ0n) is 12.5. The summed E-state index contributed by atoms with van der Waals surface area (Å²) >= 11 is 0. The first-order chi connectivity index (χ1) is 9.76. The van der Waals surface area contributed by atoms with Crippen molar-refractivity contribution in [2.24, 2.45) is 11.8 Å². The predicted octanol–water partition coefficient (Wildman–Crippen LogP) is -0.747. The molecule has 2 fully saturated rings. The molecule has 21 heavy (non-hydrogen) atoms. The molecule has 2 aliphatic heterocycles. The first-order valence-electron chi connectivity index (χ1n) is 7.23. The normalized spacial score (nSPS) is 27.2. The Bertz CT molecular complexity index is 520. The minimum Gasteiger partial charge on any atom is -0.345 e. The van der Waals surface area contributed by atoms with Gasteiger partial charge < -0.3 is 9.80 Å². The quantitative estimate of drug-likeness (QED) is 0.739. The van der Waals surface area contributed by atoms with Crippen molar-refractivity contribution in [1.82, 2.24) is 14.5 Å². The molecule has 1 N–H and O–H groups in total. The van der Waals surface area contributed by atoms with Gasteiger partial charge in [-0.15, -0.1) is 0 Å². The number of carbonyl (C=O) groups is 2. The Morgan fingerprint density at radius 3 is 2.67 bits per heavy atom. The van der Waals surface area contributed by atoms with Crippen molar-refractivity contribution < 1.29 is 18.0 Å². The van der Waals surface area contributed by atoms with Gasteiger partial charge in [-0.25, -0.2) is 13.1 Å². The molecule has 0 spiro atoms. The smallest absolute Gasteiger partial charge is 0.228 e. The van der Waals surface area contributed by atoms with Crippen LogP contribution in [0.15, 0.2) is 0 Å². The van der Waals surface area contributed by atoms with E-state index < -0.39 is 10.0 Å². The van der Waals surface area contributed by atoms with E-state index >= 15 is 0 Å². The maximum Gasteiger partial charge on any atom is 0.228 e. The van der Waals surface area contributed by atoms with E-state index in [9.17, 15) is 18.0 Å². The number of amides is 2. The number of nitrogens with one attached hydrogen (secondary N) is 1. The van der Waals surface area contributed by atoms with Crippen molar-refractivity contribution >= 4 is 21.8 Å². The summed E-state index contributed by atoms with van der Waals surface area (Å²) in [4.78, 5) is 27.4. The van der Waals surface area contributed by atoms with Crippen LogP contribution in [0.5, 0.6) is 0 Å². The van der Waals surface area contributed by atoms with Gasteiger partial charge in [0, 0.05) is 39.6 Å². The maximum absolute atomic E-state index is 12.4. The number of rotatable bonds is 4. The average molecular weight is 317 g/mol. The Morgan fingerprint density at radius 1 is 1.38 bits per heavy atom. The van der Waals surface area contributed by atoms with E-state index in [-0.39, 0.29) is 30.1 Å². The summed E-state index contributed by atoms with van der Waals surface area (Å²) in [5.41, 5.74) is 0. The van der Waals surface area contributed by atoms with Crippen molar-refractivity contribution in [1.29, 1.82) is 0 Å². The molecule has 8 heteroatoms. The number of carbonyl (C=O) groups excluding carboxylic acids is 2. The van der Waals surface area contributed by atoms with Crippen molar-refractivity contribution in [3.05, 3.63) is 0 Å². The SMILES string of the molecule is CN1CC(C(=O)N2CCCC(CNS(C)(=O)=O)C2)CC1=O. The molecule has 0 bridgehead atoms. The standard InChI is InChI=1S/C13H23N3O4S/c1-15-9-11(6-12(15)17)13(18)16-5-3-4-10(8-16)7-14-21(2,19)20/h10-11,14H,3-9H2,1-2H3. The highest BCUT2D eigenvalue weighted by Crippen LogP contribution is 2.23. The van der Waals surface area contributed by atoms with Crippen LogP contribution >= 0.6 is 0 Å². The fourth-order valence-corrected chi connectivity index (χ4v) is 3.53. The highest BCUT2D eigenvalue weighted by atomic mass is 32.2. The van der Waals surface area contributed by atoms with E-state index in [1.54, 1.807) is 16.8 Å². The lowest BCUT2D eigenvalue weighted by Crippen LogP contribution is -2.46. The van der Waals surface area contributed by atoms with E-state index in [4.69, 9.17) is 0 Å². The summed E-state index contributed by atoms with van der Waals surface area (Å²) < 4.78 is 24.8. The molecule has 2 saturated heterocycles. The van der Waals surface area contributed by atoms with Gasteiger partial charge in [0.1, 0.15) is 0 Å². The molecule has 2 heterocycles. The maximum atomic E-state index is 12.4. The summed E-state index contributed by atoms with van der Waals surface area (Å²) in [6, 6.07) is 0. The topological polar surface area (TPSA) is 86.8 Å². The van der Waals surface area contributed by atoms with Crippen molar-refractivity contribution in [2.45, 2.75) is 19.3 Å². The molecular formula is C13H23N3O4S. The lowest BCUT2D eigenvalue weighted by Gasteiger charge is -2.34. The molecule has 7 nitrogen and oxygen atoms in total. The van der Waals surface area contributed by atoms with Gasteiger partial charge in [0.15, 0.2) is 0 Å². The third kappa shape index (κ3) is 4.41. The Morgan fingerprint density at radius 2 is 2.10 bits per heavy atom. The van der Waals surface area contributed by atoms with Gasteiger partial charge in [-0.1, -0.05) is 0 Å². The number of hydrogen-bond donors (Lipinski definition) is 1. The molecule has 0 aliphatic carbocycles. The zero-order chi connectivity index (χ0) is 15.6. The van der Waals surface area contributed by atoms with Crippen molar-refractivity contribution in [3.8, 4) is 0 Å². The van der Waals surface area contributed by atoms with Crippen molar-refractivity contribution in [2.75, 3.05) is 39.5 Å². The second-order valence-electron chi connectivity index (χ2n) is 6.09. The fraction of sp³-hybridized carbons (Fsp3) is 0.846. The Kier molecular flexibility index (Phi) is 4.88. The van der Waals surface area contributed by atoms with E-state index in [0.29, 0.717) is 26.2 Å². The monoisotopic (exact) mass is 317 g/mol. The first-order valence-corrected chi connectivity index (χ1v) is 9.13. The van der Waals surface area contributed by atoms with E-state index in [1.165, 1.54) is 0 Å². The molecule has 0 aromatic carbocycles. The van der Waals surface area contributed by atoms with Gasteiger partial charge in [-0.2, -0.15) is 0 Å². The fourth-order valence-electron chi connectivity index (χ4n) is 2.99. The molecule has 0 saturated carbocycles. The van der Waals surface area contributed by atoms with E-state index in [1.807, 2.05) is 0 Å². The molecule has 0 radical (unpaired) electrons. The molecular weight excluding hydrogens is 294 g/mol. The lowest BCUT2D eigenvalue weighted by atomic mass is 9.96. The summed E-state index contributed by atoms with van der Waals surface area (Å²) in [6.45, 7) is 2.12. The molecule has 0 aromatic rings. The molecule has 2 rings (SSSR count). The minimum atomic E-state index is -3.20. The van der Waals surface area contributed by atoms with Gasteiger partial charge >= 0.3 is 0 Å². The van der Waals surface area contributed by atoms with Crippen LogP contribution in [0, 0.1) is 11.8 Å². The Hall–Kier alpha value is -1.15. The Labute approximate surface area is 125 Å². The van der Waals surface area contributed by atoms with E-state index in [2.05, 4.69) is 4.72 Å². The van der Waals surface area contributed by atoms with E-state index in [0.717, 1.165) is 19.1 Å². The van der Waals surface area contributed by atoms with Gasteiger partial charge in [0.05, 0.1) is 12.2 Å². The zero-order valence-corrected chi connectivity index (χ0v) is 13.4. The predicted molar refractivity (Wildman–Crippen MR) is 77.9 cm³/mol. The third-order valence-electron chi connectivity index (χ3n) is 4.16. The van der Waals surface area contributed by atoms with Crippen LogP contribution in [0.1, 0.15) is 19.3 Å². The Balaban J connectivity index is 1.89. The lowest BCUT2D eigenvalue weighted by molar-refractivity contribution is -0.137. The van der Waals surface area contributed by atoms with Crippen LogP contribution in [-0.2, 0) is 19.6 Å². The summed E-state index contributed by atoms with van der Waals surface area (Å²) in [5, 5.41) is 0. The summed E-state index contributed by atoms with van der Waals surface area (Å²) in [6.07, 6.45) is 3.21. The summed E-state index contributed by atoms with van der Waals surface area (Å²) in [5.74, 6) is -0.0613. The van der Waals surface area contributed by atoms with Crippen molar-refractivity contribution in [3.63, 3.8) is 0 Å². The van der Waals surface area contributed by atoms with Crippen LogP contribution in [0.2, 0.25) is 0 Å². The molecule has 2 amide bonds. The van der Waals surface area contributed by atoms with Gasteiger partial charge in [0.2, 0.25) is 21.8 Å². The number of hydrogen-bond acceptors (Lipinski definition) is 4. The van der Waals surface area contributed by atoms with Crippen LogP contribution in [0.3, 0.4) is 0 Å². The molecule has 120 valence electrons. The van der Waals surface area contributed by atoms with Gasteiger partial charge in [-0.05, 0) is 18.8 Å². The largest absolute Gasteiger partial charge is 0.345 e. The second-order valence-corrected chi connectivity index (χ2v) is 7.92. The molecule has 2 unspecified atom stereocenters. The molecule has 2 aliphatic rings. The summed E-state index contributed by atoms with van der Waals surface area (Å²) in [7, 11) is -1.48. The highest BCUT2D eigenvalue weighted by molar-refractivity contribution is 7.88. The van der Waals surface area contributed by atoms with Gasteiger partial charge in [-0.3, -0.25) is 9.59 Å². The minimum absolute atomic E-state index is 0.0145. The third-order valence-corrected chi connectivity index (χ3v) is 4.85.